The highest BCUT2D eigenvalue weighted by atomic mass is 16.6. The second kappa shape index (κ2) is 9.19. The number of benzene rings is 2. The van der Waals surface area contributed by atoms with E-state index in [0.717, 1.165) is 16.5 Å². The average Bonchev–Trinajstić information content (AvgIpc) is 3.49. The number of imidazole rings is 1. The number of fused-ring (bicyclic) bond motifs is 1. The number of ether oxygens (including phenoxy) is 2. The van der Waals surface area contributed by atoms with Crippen LogP contribution in [0.3, 0.4) is 0 Å². The summed E-state index contributed by atoms with van der Waals surface area (Å²) < 4.78 is 15.8. The summed E-state index contributed by atoms with van der Waals surface area (Å²) in [4.78, 5) is 20.6. The van der Waals surface area contributed by atoms with E-state index in [1.165, 1.54) is 10.8 Å². The lowest BCUT2D eigenvalue weighted by molar-refractivity contribution is -0.396. The summed E-state index contributed by atoms with van der Waals surface area (Å²) >= 11 is 0. The fourth-order valence-electron chi connectivity index (χ4n) is 4.59. The van der Waals surface area contributed by atoms with E-state index < -0.39 is 10.6 Å². The zero-order chi connectivity index (χ0) is 25.3. The Morgan fingerprint density at radius 2 is 1.94 bits per heavy atom. The highest BCUT2D eigenvalue weighted by Crippen LogP contribution is 2.43. The molecule has 0 fully saturated rings. The maximum Gasteiger partial charge on any atom is 0.434 e. The van der Waals surface area contributed by atoms with Crippen molar-refractivity contribution in [2.24, 2.45) is 17.8 Å². The summed E-state index contributed by atoms with van der Waals surface area (Å²) in [5, 5.41) is 12.2. The quantitative estimate of drug-likeness (QED) is 0.298. The largest absolute Gasteiger partial charge is 0.488 e. The van der Waals surface area contributed by atoms with Crippen LogP contribution in [-0.4, -0.2) is 38.7 Å². The van der Waals surface area contributed by atoms with Crippen LogP contribution in [0.15, 0.2) is 84.4 Å². The van der Waals surface area contributed by atoms with Gasteiger partial charge in [0.05, 0.1) is 5.69 Å². The van der Waals surface area contributed by atoms with Gasteiger partial charge in [-0.2, -0.15) is 0 Å². The molecule has 184 valence electrons. The molecule has 11 heteroatoms. The molecule has 0 bridgehead atoms. The fraction of sp³-hybridized carbons (Fsp3) is 0.200. The number of guanidine groups is 1. The zero-order valence-corrected chi connectivity index (χ0v) is 19.8. The molecule has 4 aromatic rings. The van der Waals surface area contributed by atoms with Crippen LogP contribution in [0.25, 0.3) is 10.9 Å². The Labute approximate surface area is 206 Å². The lowest BCUT2D eigenvalue weighted by Crippen LogP contribution is -2.54. The first-order chi connectivity index (χ1) is 17.5. The molecule has 1 aliphatic heterocycles. The van der Waals surface area contributed by atoms with Crippen molar-refractivity contribution in [3.8, 4) is 5.75 Å². The first kappa shape index (κ1) is 23.1. The van der Waals surface area contributed by atoms with Crippen molar-refractivity contribution in [1.82, 2.24) is 14.1 Å². The van der Waals surface area contributed by atoms with Gasteiger partial charge in [0.1, 0.15) is 31.3 Å². The minimum atomic E-state index is -1.10. The van der Waals surface area contributed by atoms with Crippen molar-refractivity contribution < 1.29 is 14.4 Å². The van der Waals surface area contributed by atoms with Crippen molar-refractivity contribution in [3.63, 3.8) is 0 Å². The van der Waals surface area contributed by atoms with E-state index in [0.29, 0.717) is 11.4 Å². The molecule has 0 saturated heterocycles. The first-order valence-corrected chi connectivity index (χ1v) is 11.2. The summed E-state index contributed by atoms with van der Waals surface area (Å²) in [6.07, 6.45) is 8.45. The molecule has 0 radical (unpaired) electrons. The van der Waals surface area contributed by atoms with E-state index in [1.54, 1.807) is 24.4 Å². The molecule has 3 heterocycles. The van der Waals surface area contributed by atoms with Gasteiger partial charge in [0.25, 0.3) is 0 Å². The third-order valence-electron chi connectivity index (χ3n) is 6.22. The topological polar surface area (TPSA) is 126 Å². The summed E-state index contributed by atoms with van der Waals surface area (Å²) in [6, 6.07) is 15.5. The molecule has 0 aliphatic carbocycles. The maximum atomic E-state index is 11.2. The Hall–Kier alpha value is -4.64. The fourth-order valence-corrected chi connectivity index (χ4v) is 4.59. The van der Waals surface area contributed by atoms with Gasteiger partial charge >= 0.3 is 5.95 Å². The van der Waals surface area contributed by atoms with E-state index >= 15 is 0 Å². The Morgan fingerprint density at radius 3 is 2.75 bits per heavy atom. The highest BCUT2D eigenvalue weighted by molar-refractivity contribution is 6.00. The van der Waals surface area contributed by atoms with Gasteiger partial charge in [0.15, 0.2) is 5.72 Å². The molecule has 5 rings (SSSR count). The summed E-state index contributed by atoms with van der Waals surface area (Å²) in [7, 11) is 3.61. The van der Waals surface area contributed by atoms with Crippen molar-refractivity contribution in [3.05, 3.63) is 95.1 Å². The predicted molar refractivity (Wildman–Crippen MR) is 136 cm³/mol. The second-order valence-electron chi connectivity index (χ2n) is 8.20. The van der Waals surface area contributed by atoms with Crippen LogP contribution in [0.2, 0.25) is 0 Å². The van der Waals surface area contributed by atoms with Crippen molar-refractivity contribution in [1.29, 1.82) is 0 Å². The second-order valence-corrected chi connectivity index (χ2v) is 8.20. The van der Waals surface area contributed by atoms with Crippen LogP contribution < -0.4 is 15.4 Å². The smallest absolute Gasteiger partial charge is 0.434 e. The van der Waals surface area contributed by atoms with Gasteiger partial charge in [-0.15, -0.1) is 0 Å². The van der Waals surface area contributed by atoms with E-state index in [2.05, 4.69) is 9.98 Å². The molecular weight excluding hydrogens is 462 g/mol. The molecule has 1 unspecified atom stereocenters. The number of hydrogen-bond acceptors (Lipinski definition) is 8. The maximum absolute atomic E-state index is 11.2. The van der Waals surface area contributed by atoms with Crippen LogP contribution in [0.1, 0.15) is 5.56 Å². The van der Waals surface area contributed by atoms with Crippen molar-refractivity contribution in [2.45, 2.75) is 12.3 Å². The number of aryl methyl sites for hydroxylation is 1. The third-order valence-corrected chi connectivity index (χ3v) is 6.22. The van der Waals surface area contributed by atoms with Gasteiger partial charge < -0.3 is 29.9 Å². The number of anilines is 1. The molecule has 36 heavy (non-hydrogen) atoms. The average molecular weight is 488 g/mol. The first-order valence-electron chi connectivity index (χ1n) is 11.2. The number of aromatic nitrogens is 3. The van der Waals surface area contributed by atoms with Crippen molar-refractivity contribution >= 4 is 28.5 Å². The lowest BCUT2D eigenvalue weighted by atomic mass is 9.97. The highest BCUT2D eigenvalue weighted by Gasteiger charge is 2.44. The van der Waals surface area contributed by atoms with Gasteiger partial charge in [-0.05, 0) is 29.2 Å². The minimum Gasteiger partial charge on any atom is -0.488 e. The molecule has 2 aromatic heterocycles. The summed E-state index contributed by atoms with van der Waals surface area (Å²) in [5.41, 5.74) is 7.94. The Kier molecular flexibility index (Phi) is 5.90. The Balaban J connectivity index is 1.54. The van der Waals surface area contributed by atoms with Crippen LogP contribution in [0.4, 0.5) is 11.6 Å². The Morgan fingerprint density at radius 1 is 1.17 bits per heavy atom. The van der Waals surface area contributed by atoms with E-state index in [9.17, 15) is 10.1 Å². The monoisotopic (exact) mass is 487 g/mol. The summed E-state index contributed by atoms with van der Waals surface area (Å²) in [5.74, 6) is 0.516. The van der Waals surface area contributed by atoms with E-state index in [4.69, 9.17) is 15.2 Å². The number of rotatable bonds is 8. The van der Waals surface area contributed by atoms with E-state index in [1.807, 2.05) is 72.4 Å². The van der Waals surface area contributed by atoms with Gasteiger partial charge in [0.2, 0.25) is 5.96 Å². The number of para-hydroxylation sites is 3. The molecule has 0 amide bonds. The molecule has 2 N–H and O–H groups in total. The van der Waals surface area contributed by atoms with Crippen LogP contribution in [-0.2, 0) is 24.1 Å². The number of methoxy groups -OCH3 is 1. The van der Waals surface area contributed by atoms with Crippen LogP contribution in [0, 0.1) is 10.1 Å². The number of hydrogen-bond donors (Lipinski definition) is 1. The van der Waals surface area contributed by atoms with E-state index in [-0.39, 0.29) is 25.1 Å². The zero-order valence-electron chi connectivity index (χ0n) is 19.8. The lowest BCUT2D eigenvalue weighted by Gasteiger charge is -2.43. The predicted octanol–water partition coefficient (Wildman–Crippen LogP) is 3.51. The molecule has 0 saturated carbocycles. The molecule has 2 aromatic carbocycles. The number of nitro groups is 1. The SMILES string of the molecule is COC1(c2cn(C)c3ccccc23)C=CN=C(N)N1c1ccccc1OCCn1ccnc1[N+](=O)[O-]. The molecule has 11 nitrogen and oxygen atoms in total. The molecular formula is C25H25N7O4. The Bertz CT molecular complexity index is 1490. The van der Waals surface area contributed by atoms with Crippen molar-refractivity contribution in [2.75, 3.05) is 18.6 Å². The van der Waals surface area contributed by atoms with Crippen LogP contribution in [0.5, 0.6) is 5.75 Å². The minimum absolute atomic E-state index is 0.170. The normalized spacial score (nSPS) is 17.4. The number of aliphatic imine (C=N–C) groups is 1. The molecule has 1 aliphatic rings. The summed E-state index contributed by atoms with van der Waals surface area (Å²) in [6.45, 7) is 0.413. The van der Waals surface area contributed by atoms with Gasteiger partial charge in [0, 0.05) is 43.0 Å². The van der Waals surface area contributed by atoms with Crippen LogP contribution >= 0.6 is 0 Å². The van der Waals surface area contributed by atoms with Gasteiger partial charge in [-0.1, -0.05) is 35.3 Å². The third kappa shape index (κ3) is 3.75. The molecule has 1 atom stereocenters. The standard InChI is InChI=1S/C25H25N7O4/c1-29-17-19(18-7-3-4-8-20(18)29)25(35-2)11-12-27-23(26)31(25)21-9-5-6-10-22(21)36-16-15-30-14-13-28-24(30)32(33)34/h3-14,17H,15-16H2,1-2H3,(H2,26,27). The van der Waals surface area contributed by atoms with Gasteiger partial charge in [-0.3, -0.25) is 4.90 Å². The number of nitrogens with two attached hydrogens (primary N) is 1. The van der Waals surface area contributed by atoms with Gasteiger partial charge in [-0.25, -0.2) is 9.56 Å². The number of nitrogens with zero attached hydrogens (tertiary/aromatic N) is 6. The molecule has 0 spiro atoms.